The molecule has 0 amide bonds. The molecule has 6 heteroatoms. The molecule has 1 unspecified atom stereocenters. The normalized spacial score (nSPS) is 19.8. The van der Waals surface area contributed by atoms with E-state index in [0.29, 0.717) is 16.7 Å². The van der Waals surface area contributed by atoms with Crippen molar-refractivity contribution >= 4 is 38.0 Å². The molecule has 5 nitrogen and oxygen atoms in total. The van der Waals surface area contributed by atoms with Crippen molar-refractivity contribution in [1.82, 2.24) is 14.9 Å². The summed E-state index contributed by atoms with van der Waals surface area (Å²) in [6.07, 6.45) is 2.15. The van der Waals surface area contributed by atoms with E-state index in [-0.39, 0.29) is 17.0 Å². The summed E-state index contributed by atoms with van der Waals surface area (Å²) in [4.78, 5) is 22.8. The molecule has 0 saturated carbocycles. The molecule has 0 spiro atoms. The Hall–Kier alpha value is -1.66. The molecule has 132 valence electrons. The lowest BCUT2D eigenvalue weighted by molar-refractivity contribution is 0.0968. The minimum Gasteiger partial charge on any atom is -0.449 e. The van der Waals surface area contributed by atoms with Crippen LogP contribution >= 0.6 is 15.9 Å². The van der Waals surface area contributed by atoms with Gasteiger partial charge in [0.1, 0.15) is 16.9 Å². The summed E-state index contributed by atoms with van der Waals surface area (Å²) < 4.78 is 6.67. The first-order chi connectivity index (χ1) is 11.8. The summed E-state index contributed by atoms with van der Waals surface area (Å²) in [7, 11) is 0. The van der Waals surface area contributed by atoms with Crippen molar-refractivity contribution < 1.29 is 4.42 Å². The topological polar surface area (TPSA) is 62.1 Å². The zero-order valence-corrected chi connectivity index (χ0v) is 16.3. The zero-order chi connectivity index (χ0) is 17.8. The molecule has 1 aromatic carbocycles. The molecule has 1 saturated heterocycles. The average Bonchev–Trinajstić information content (AvgIpc) is 2.93. The first-order valence-electron chi connectivity index (χ1n) is 8.70. The smallest absolute Gasteiger partial charge is 0.294 e. The Labute approximate surface area is 154 Å². The van der Waals surface area contributed by atoms with Crippen LogP contribution in [0.15, 0.2) is 31.9 Å². The zero-order valence-electron chi connectivity index (χ0n) is 14.7. The number of furan rings is 1. The standard InChI is InChI=1S/C19H22BrN3O2/c1-19(2,3)23-8-4-5-11(10-23)17-21-15-13-9-12(20)6-7-14(13)25-16(15)18(24)22-17/h6-7,9,11H,4-5,8,10H2,1-3H3,(H,21,22,24). The van der Waals surface area contributed by atoms with E-state index in [0.717, 1.165) is 41.6 Å². The van der Waals surface area contributed by atoms with Crippen molar-refractivity contribution in [3.63, 3.8) is 0 Å². The minimum absolute atomic E-state index is 0.121. The van der Waals surface area contributed by atoms with Crippen LogP contribution in [-0.2, 0) is 0 Å². The molecule has 0 bridgehead atoms. The molecule has 1 atom stereocenters. The summed E-state index contributed by atoms with van der Waals surface area (Å²) in [6.45, 7) is 8.70. The number of nitrogens with zero attached hydrogens (tertiary/aromatic N) is 2. The van der Waals surface area contributed by atoms with Crippen LogP contribution in [0.1, 0.15) is 45.4 Å². The van der Waals surface area contributed by atoms with E-state index in [1.54, 1.807) is 0 Å². The summed E-state index contributed by atoms with van der Waals surface area (Å²) in [5, 5.41) is 0.875. The highest BCUT2D eigenvalue weighted by Crippen LogP contribution is 2.31. The van der Waals surface area contributed by atoms with Gasteiger partial charge in [0.15, 0.2) is 0 Å². The molecule has 1 fully saturated rings. The second-order valence-corrected chi connectivity index (χ2v) is 8.74. The Morgan fingerprint density at radius 3 is 2.92 bits per heavy atom. The number of likely N-dealkylation sites (tertiary alicyclic amines) is 1. The van der Waals surface area contributed by atoms with Crippen LogP contribution in [0, 0.1) is 0 Å². The quantitative estimate of drug-likeness (QED) is 0.653. The summed E-state index contributed by atoms with van der Waals surface area (Å²) >= 11 is 3.48. The predicted molar refractivity (Wildman–Crippen MR) is 103 cm³/mol. The third-order valence-electron chi connectivity index (χ3n) is 5.06. The van der Waals surface area contributed by atoms with Gasteiger partial charge in [0, 0.05) is 27.9 Å². The molecule has 1 aliphatic heterocycles. The van der Waals surface area contributed by atoms with Crippen LogP contribution in [0.25, 0.3) is 22.1 Å². The highest BCUT2D eigenvalue weighted by molar-refractivity contribution is 9.10. The fraction of sp³-hybridized carbons (Fsp3) is 0.474. The third-order valence-corrected chi connectivity index (χ3v) is 5.55. The lowest BCUT2D eigenvalue weighted by Gasteiger charge is -2.41. The van der Waals surface area contributed by atoms with Gasteiger partial charge < -0.3 is 9.40 Å². The Morgan fingerprint density at radius 2 is 2.16 bits per heavy atom. The van der Waals surface area contributed by atoms with Gasteiger partial charge in [0.05, 0.1) is 0 Å². The molecule has 25 heavy (non-hydrogen) atoms. The van der Waals surface area contributed by atoms with E-state index >= 15 is 0 Å². The maximum Gasteiger partial charge on any atom is 0.294 e. The van der Waals surface area contributed by atoms with Crippen LogP contribution in [0.4, 0.5) is 0 Å². The summed E-state index contributed by atoms with van der Waals surface area (Å²) in [5.41, 5.74) is 1.58. The van der Waals surface area contributed by atoms with E-state index in [1.807, 2.05) is 18.2 Å². The Bertz CT molecular complexity index is 999. The number of aromatic amines is 1. The highest BCUT2D eigenvalue weighted by Gasteiger charge is 2.30. The number of hydrogen-bond donors (Lipinski definition) is 1. The number of nitrogens with one attached hydrogen (secondary N) is 1. The Kier molecular flexibility index (Phi) is 4.00. The van der Waals surface area contributed by atoms with Crippen LogP contribution < -0.4 is 5.56 Å². The first-order valence-corrected chi connectivity index (χ1v) is 9.49. The van der Waals surface area contributed by atoms with Crippen LogP contribution in [0.3, 0.4) is 0 Å². The monoisotopic (exact) mass is 403 g/mol. The molecule has 0 aliphatic carbocycles. The molecule has 0 radical (unpaired) electrons. The molecule has 1 aliphatic rings. The summed E-state index contributed by atoms with van der Waals surface area (Å²) in [6, 6.07) is 5.73. The van der Waals surface area contributed by atoms with Gasteiger partial charge in [0.25, 0.3) is 5.56 Å². The highest BCUT2D eigenvalue weighted by atomic mass is 79.9. The van der Waals surface area contributed by atoms with Gasteiger partial charge in [-0.2, -0.15) is 0 Å². The molecule has 3 heterocycles. The van der Waals surface area contributed by atoms with Crippen LogP contribution in [0.2, 0.25) is 0 Å². The molecular formula is C19H22BrN3O2. The molecule has 1 N–H and O–H groups in total. The van der Waals surface area contributed by atoms with Crippen LogP contribution in [0.5, 0.6) is 0 Å². The van der Waals surface area contributed by atoms with Gasteiger partial charge >= 0.3 is 0 Å². The van der Waals surface area contributed by atoms with Gasteiger partial charge in [-0.3, -0.25) is 9.69 Å². The number of halogens is 1. The fourth-order valence-electron chi connectivity index (χ4n) is 3.65. The van der Waals surface area contributed by atoms with Gasteiger partial charge in [0.2, 0.25) is 5.58 Å². The SMILES string of the molecule is CC(C)(C)N1CCCC(c2nc3c(oc4ccc(Br)cc43)c(=O)[nH]2)C1. The second-order valence-electron chi connectivity index (χ2n) is 7.83. The Balaban J connectivity index is 1.81. The lowest BCUT2D eigenvalue weighted by Crippen LogP contribution is -2.47. The minimum atomic E-state index is -0.194. The number of aromatic nitrogens is 2. The van der Waals surface area contributed by atoms with Crippen molar-refractivity contribution in [2.24, 2.45) is 0 Å². The maximum absolute atomic E-state index is 12.6. The second kappa shape index (κ2) is 5.95. The molecule has 3 aromatic rings. The van der Waals surface area contributed by atoms with Crippen molar-refractivity contribution in [2.75, 3.05) is 13.1 Å². The Morgan fingerprint density at radius 1 is 1.36 bits per heavy atom. The largest absolute Gasteiger partial charge is 0.449 e. The van der Waals surface area contributed by atoms with Gasteiger partial charge in [-0.15, -0.1) is 0 Å². The third kappa shape index (κ3) is 3.02. The van der Waals surface area contributed by atoms with Crippen molar-refractivity contribution in [3.8, 4) is 0 Å². The van der Waals surface area contributed by atoms with E-state index in [1.165, 1.54) is 0 Å². The van der Waals surface area contributed by atoms with Crippen molar-refractivity contribution in [1.29, 1.82) is 0 Å². The number of H-pyrrole nitrogens is 1. The maximum atomic E-state index is 12.6. The lowest BCUT2D eigenvalue weighted by atomic mass is 9.93. The van der Waals surface area contributed by atoms with Crippen molar-refractivity contribution in [3.05, 3.63) is 38.9 Å². The van der Waals surface area contributed by atoms with E-state index in [4.69, 9.17) is 9.40 Å². The molecular weight excluding hydrogens is 382 g/mol. The fourth-order valence-corrected chi connectivity index (χ4v) is 4.01. The predicted octanol–water partition coefficient (Wildman–Crippen LogP) is 4.41. The van der Waals surface area contributed by atoms with E-state index < -0.39 is 0 Å². The van der Waals surface area contributed by atoms with Crippen LogP contribution in [-0.4, -0.2) is 33.5 Å². The molecule has 4 rings (SSSR count). The van der Waals surface area contributed by atoms with Crippen molar-refractivity contribution in [2.45, 2.75) is 45.1 Å². The summed E-state index contributed by atoms with van der Waals surface area (Å²) in [5.74, 6) is 1.01. The average molecular weight is 404 g/mol. The number of piperidine rings is 1. The van der Waals surface area contributed by atoms with Gasteiger partial charge in [-0.1, -0.05) is 15.9 Å². The molecule has 2 aromatic heterocycles. The van der Waals surface area contributed by atoms with Gasteiger partial charge in [-0.25, -0.2) is 4.98 Å². The van der Waals surface area contributed by atoms with E-state index in [9.17, 15) is 4.79 Å². The number of fused-ring (bicyclic) bond motifs is 3. The van der Waals surface area contributed by atoms with Gasteiger partial charge in [-0.05, 0) is 58.4 Å². The van der Waals surface area contributed by atoms with E-state index in [2.05, 4.69) is 46.6 Å². The number of rotatable bonds is 1. The number of hydrogen-bond acceptors (Lipinski definition) is 4. The number of benzene rings is 1. The first kappa shape index (κ1) is 16.8.